The Hall–Kier alpha value is -1.50. The first-order valence-corrected chi connectivity index (χ1v) is 5.00. The zero-order chi connectivity index (χ0) is 12.1. The monoisotopic (exact) mass is 255 g/mol. The van der Waals surface area contributed by atoms with Gasteiger partial charge in [-0.1, -0.05) is 29.3 Å². The highest BCUT2D eigenvalue weighted by molar-refractivity contribution is 6.37. The second kappa shape index (κ2) is 5.55. The minimum Gasteiger partial charge on any atom is -0.465 e. The molecule has 1 aromatic carbocycles. The van der Waals surface area contributed by atoms with Gasteiger partial charge in [-0.25, -0.2) is 4.79 Å². The highest BCUT2D eigenvalue weighted by Crippen LogP contribution is 2.26. The lowest BCUT2D eigenvalue weighted by atomic mass is 10.1. The van der Waals surface area contributed by atoms with Crippen molar-refractivity contribution in [2.75, 3.05) is 7.11 Å². The van der Waals surface area contributed by atoms with E-state index in [4.69, 9.17) is 28.5 Å². The van der Waals surface area contributed by atoms with Crippen LogP contribution in [0.5, 0.6) is 0 Å². The minimum atomic E-state index is -0.724. The summed E-state index contributed by atoms with van der Waals surface area (Å²) in [6, 6.07) is 6.63. The predicted molar refractivity (Wildman–Crippen MR) is 62.1 cm³/mol. The van der Waals surface area contributed by atoms with Crippen LogP contribution in [0.4, 0.5) is 0 Å². The molecule has 0 aromatic heterocycles. The van der Waals surface area contributed by atoms with Crippen LogP contribution < -0.4 is 0 Å². The van der Waals surface area contributed by atoms with E-state index < -0.39 is 5.97 Å². The van der Waals surface area contributed by atoms with Gasteiger partial charge in [-0.3, -0.25) is 0 Å². The first-order valence-electron chi connectivity index (χ1n) is 4.24. The van der Waals surface area contributed by atoms with Crippen LogP contribution in [0.15, 0.2) is 23.8 Å². The molecule has 0 amide bonds. The van der Waals surface area contributed by atoms with Crippen LogP contribution in [-0.2, 0) is 9.53 Å². The summed E-state index contributed by atoms with van der Waals surface area (Å²) in [5.41, 5.74) is 0.269. The topological polar surface area (TPSA) is 50.1 Å². The number of benzene rings is 1. The summed E-state index contributed by atoms with van der Waals surface area (Å²) in [6.45, 7) is 0. The summed E-state index contributed by atoms with van der Waals surface area (Å²) in [5.74, 6) is -0.724. The highest BCUT2D eigenvalue weighted by Gasteiger charge is 2.11. The van der Waals surface area contributed by atoms with E-state index in [1.165, 1.54) is 13.2 Å². The van der Waals surface area contributed by atoms with Crippen molar-refractivity contribution in [3.8, 4) is 6.07 Å². The Bertz CT molecular complexity index is 469. The standard InChI is InChI=1S/C11H7Cl2NO2/c1-16-11(15)7(6-14)5-8-9(12)3-2-4-10(8)13/h2-5H,1H3/b7-5+. The smallest absolute Gasteiger partial charge is 0.348 e. The largest absolute Gasteiger partial charge is 0.465 e. The Morgan fingerprint density at radius 2 is 2.00 bits per heavy atom. The number of hydrogen-bond acceptors (Lipinski definition) is 3. The molecule has 0 N–H and O–H groups in total. The Labute approximate surface area is 103 Å². The molecular formula is C11H7Cl2NO2. The van der Waals surface area contributed by atoms with E-state index in [0.717, 1.165) is 0 Å². The average Bonchev–Trinajstić information content (AvgIpc) is 2.28. The van der Waals surface area contributed by atoms with Crippen molar-refractivity contribution < 1.29 is 9.53 Å². The van der Waals surface area contributed by atoms with Crippen LogP contribution in [-0.4, -0.2) is 13.1 Å². The zero-order valence-corrected chi connectivity index (χ0v) is 9.84. The number of hydrogen-bond donors (Lipinski definition) is 0. The third-order valence-corrected chi connectivity index (χ3v) is 2.47. The Balaban J connectivity index is 3.25. The Morgan fingerprint density at radius 1 is 1.44 bits per heavy atom. The van der Waals surface area contributed by atoms with Crippen LogP contribution in [0.1, 0.15) is 5.56 Å². The number of methoxy groups -OCH3 is 1. The normalized spacial score (nSPS) is 10.8. The molecule has 5 heteroatoms. The summed E-state index contributed by atoms with van der Waals surface area (Å²) < 4.78 is 4.44. The van der Waals surface area contributed by atoms with Crippen molar-refractivity contribution in [2.45, 2.75) is 0 Å². The zero-order valence-electron chi connectivity index (χ0n) is 8.33. The summed E-state index contributed by atoms with van der Waals surface area (Å²) in [4.78, 5) is 11.2. The van der Waals surface area contributed by atoms with Gasteiger partial charge >= 0.3 is 5.97 Å². The van der Waals surface area contributed by atoms with Crippen molar-refractivity contribution in [3.05, 3.63) is 39.4 Å². The molecule has 0 atom stereocenters. The number of ether oxygens (including phenoxy) is 1. The molecule has 0 fully saturated rings. The third kappa shape index (κ3) is 2.75. The summed E-state index contributed by atoms with van der Waals surface area (Å²) in [7, 11) is 1.20. The van der Waals surface area contributed by atoms with E-state index in [2.05, 4.69) is 4.74 Å². The van der Waals surface area contributed by atoms with E-state index in [1.54, 1.807) is 24.3 Å². The molecule has 0 saturated carbocycles. The van der Waals surface area contributed by atoms with Crippen molar-refractivity contribution in [1.29, 1.82) is 5.26 Å². The molecule has 0 radical (unpaired) electrons. The highest BCUT2D eigenvalue weighted by atomic mass is 35.5. The molecule has 1 rings (SSSR count). The number of nitriles is 1. The van der Waals surface area contributed by atoms with Crippen molar-refractivity contribution >= 4 is 35.2 Å². The SMILES string of the molecule is COC(=O)/C(C#N)=C/c1c(Cl)cccc1Cl. The average molecular weight is 256 g/mol. The van der Waals surface area contributed by atoms with Gasteiger partial charge in [0.15, 0.2) is 0 Å². The fourth-order valence-corrected chi connectivity index (χ4v) is 1.55. The summed E-state index contributed by atoms with van der Waals surface area (Å²) in [5, 5.41) is 9.50. The van der Waals surface area contributed by atoms with Crippen LogP contribution in [0.2, 0.25) is 10.0 Å². The van der Waals surface area contributed by atoms with Crippen LogP contribution >= 0.6 is 23.2 Å². The maximum atomic E-state index is 11.2. The molecule has 0 aliphatic rings. The molecule has 82 valence electrons. The Morgan fingerprint density at radius 3 is 2.44 bits per heavy atom. The predicted octanol–water partition coefficient (Wildman–Crippen LogP) is 3.07. The first kappa shape index (κ1) is 12.6. The van der Waals surface area contributed by atoms with Crippen LogP contribution in [0, 0.1) is 11.3 Å². The number of nitrogens with zero attached hydrogens (tertiary/aromatic N) is 1. The summed E-state index contributed by atoms with van der Waals surface area (Å²) >= 11 is 11.8. The molecule has 0 aliphatic heterocycles. The first-order chi connectivity index (χ1) is 7.60. The maximum Gasteiger partial charge on any atom is 0.348 e. The van der Waals surface area contributed by atoms with Gasteiger partial charge in [-0.2, -0.15) is 5.26 Å². The molecule has 0 bridgehead atoms. The molecule has 16 heavy (non-hydrogen) atoms. The molecule has 0 heterocycles. The molecule has 1 aromatic rings. The lowest BCUT2D eigenvalue weighted by molar-refractivity contribution is -0.135. The fourth-order valence-electron chi connectivity index (χ4n) is 1.04. The van der Waals surface area contributed by atoms with Gasteiger partial charge < -0.3 is 4.74 Å². The van der Waals surface area contributed by atoms with Crippen LogP contribution in [0.3, 0.4) is 0 Å². The molecule has 3 nitrogen and oxygen atoms in total. The molecule has 0 aliphatic carbocycles. The number of carbonyl (C=O) groups is 1. The second-order valence-corrected chi connectivity index (χ2v) is 3.61. The third-order valence-electron chi connectivity index (χ3n) is 1.81. The van der Waals surface area contributed by atoms with Gasteiger partial charge in [-0.05, 0) is 18.2 Å². The number of halogens is 2. The van der Waals surface area contributed by atoms with Gasteiger partial charge in [0.05, 0.1) is 7.11 Å². The lowest BCUT2D eigenvalue weighted by Gasteiger charge is -2.02. The summed E-state index contributed by atoms with van der Waals surface area (Å²) in [6.07, 6.45) is 1.30. The Kier molecular flexibility index (Phi) is 4.36. The van der Waals surface area contributed by atoms with Gasteiger partial charge in [0.25, 0.3) is 0 Å². The van der Waals surface area contributed by atoms with E-state index in [-0.39, 0.29) is 5.57 Å². The number of carbonyl (C=O) groups excluding carboxylic acids is 1. The van der Waals surface area contributed by atoms with E-state index in [1.807, 2.05) is 0 Å². The van der Waals surface area contributed by atoms with E-state index in [9.17, 15) is 4.79 Å². The molecule has 0 saturated heterocycles. The van der Waals surface area contributed by atoms with Crippen molar-refractivity contribution in [2.24, 2.45) is 0 Å². The van der Waals surface area contributed by atoms with Gasteiger partial charge in [-0.15, -0.1) is 0 Å². The van der Waals surface area contributed by atoms with Crippen LogP contribution in [0.25, 0.3) is 6.08 Å². The van der Waals surface area contributed by atoms with Gasteiger partial charge in [0, 0.05) is 15.6 Å². The van der Waals surface area contributed by atoms with Gasteiger partial charge in [0.1, 0.15) is 11.6 Å². The van der Waals surface area contributed by atoms with Gasteiger partial charge in [0.2, 0.25) is 0 Å². The van der Waals surface area contributed by atoms with E-state index >= 15 is 0 Å². The van der Waals surface area contributed by atoms with Crippen molar-refractivity contribution in [1.82, 2.24) is 0 Å². The quantitative estimate of drug-likeness (QED) is 0.464. The van der Waals surface area contributed by atoms with E-state index in [0.29, 0.717) is 15.6 Å². The fraction of sp³-hybridized carbons (Fsp3) is 0.0909. The van der Waals surface area contributed by atoms with Crippen molar-refractivity contribution in [3.63, 3.8) is 0 Å². The molecular weight excluding hydrogens is 249 g/mol. The molecule has 0 unspecified atom stereocenters. The molecule has 0 spiro atoms. The number of esters is 1. The maximum absolute atomic E-state index is 11.2. The number of rotatable bonds is 2. The minimum absolute atomic E-state index is 0.155. The lowest BCUT2D eigenvalue weighted by Crippen LogP contribution is -2.02. The second-order valence-electron chi connectivity index (χ2n) is 2.80.